The molecule has 0 spiro atoms. The molecule has 0 heterocycles. The molecule has 0 saturated carbocycles. The van der Waals surface area contributed by atoms with Crippen molar-refractivity contribution in [1.29, 1.82) is 0 Å². The van der Waals surface area contributed by atoms with Crippen LogP contribution < -0.4 is 10.1 Å². The van der Waals surface area contributed by atoms with Crippen molar-refractivity contribution in [2.24, 2.45) is 0 Å². The minimum absolute atomic E-state index is 0.0825. The fourth-order valence-corrected chi connectivity index (χ4v) is 3.15. The third-order valence-electron chi connectivity index (χ3n) is 4.74. The van der Waals surface area contributed by atoms with Gasteiger partial charge in [-0.05, 0) is 67.5 Å². The second-order valence-corrected chi connectivity index (χ2v) is 7.32. The Bertz CT molecular complexity index is 926. The lowest BCUT2D eigenvalue weighted by Gasteiger charge is -2.18. The zero-order chi connectivity index (χ0) is 23.0. The van der Waals surface area contributed by atoms with Crippen molar-refractivity contribution in [3.05, 3.63) is 64.2 Å². The molecule has 1 N–H and O–H groups in total. The molecule has 0 saturated heterocycles. The Kier molecular flexibility index (Phi) is 8.95. The van der Waals surface area contributed by atoms with Crippen LogP contribution in [0.5, 0.6) is 5.75 Å². The van der Waals surface area contributed by atoms with Crippen LogP contribution in [0.25, 0.3) is 6.08 Å². The van der Waals surface area contributed by atoms with Gasteiger partial charge in [-0.25, -0.2) is 0 Å². The number of benzene rings is 2. The first-order valence-corrected chi connectivity index (χ1v) is 10.3. The highest BCUT2D eigenvalue weighted by Gasteiger charge is 2.30. The van der Waals surface area contributed by atoms with Gasteiger partial charge in [-0.1, -0.05) is 31.5 Å². The van der Waals surface area contributed by atoms with Crippen LogP contribution in [-0.2, 0) is 11.0 Å². The Hall–Kier alpha value is -2.51. The van der Waals surface area contributed by atoms with E-state index in [0.717, 1.165) is 43.1 Å². The fraction of sp³-hybridized carbons (Fsp3) is 0.348. The average molecular weight is 455 g/mol. The summed E-state index contributed by atoms with van der Waals surface area (Å²) in [7, 11) is 0. The van der Waals surface area contributed by atoms with Gasteiger partial charge in [-0.2, -0.15) is 13.2 Å². The standard InChI is InChI=1S/C23H26ClF3N2O2/c1-4-29(5-2)12-13-31-21-10-9-19(14-16(21)3)28-22(30)11-7-17-6-8-18(15-20(17)24)23(25,26)27/h6-11,14-15H,4-5,12-13H2,1-3H3,(H,28,30)/b11-7+. The van der Waals surface area contributed by atoms with E-state index in [1.807, 2.05) is 6.92 Å². The van der Waals surface area contributed by atoms with E-state index in [2.05, 4.69) is 24.1 Å². The number of ether oxygens (including phenoxy) is 1. The van der Waals surface area contributed by atoms with E-state index in [1.165, 1.54) is 18.2 Å². The molecule has 0 aromatic heterocycles. The number of rotatable bonds is 9. The summed E-state index contributed by atoms with van der Waals surface area (Å²) in [5, 5.41) is 2.63. The molecule has 2 rings (SSSR count). The summed E-state index contributed by atoms with van der Waals surface area (Å²) in [6, 6.07) is 8.31. The number of likely N-dealkylation sites (N-methyl/N-ethyl adjacent to an activating group) is 1. The summed E-state index contributed by atoms with van der Waals surface area (Å²) in [5.74, 6) is 0.322. The van der Waals surface area contributed by atoms with E-state index in [0.29, 0.717) is 17.9 Å². The highest BCUT2D eigenvalue weighted by Crippen LogP contribution is 2.32. The van der Waals surface area contributed by atoms with Gasteiger partial charge >= 0.3 is 6.18 Å². The number of halogens is 4. The lowest BCUT2D eigenvalue weighted by atomic mass is 10.1. The smallest absolute Gasteiger partial charge is 0.416 e. The first kappa shape index (κ1) is 24.8. The van der Waals surface area contributed by atoms with Gasteiger partial charge in [0.2, 0.25) is 5.91 Å². The minimum Gasteiger partial charge on any atom is -0.492 e. The highest BCUT2D eigenvalue weighted by molar-refractivity contribution is 6.32. The number of anilines is 1. The largest absolute Gasteiger partial charge is 0.492 e. The number of carbonyl (C=O) groups excluding carboxylic acids is 1. The Morgan fingerprint density at radius 1 is 1.16 bits per heavy atom. The molecule has 0 radical (unpaired) electrons. The van der Waals surface area contributed by atoms with Crippen molar-refractivity contribution in [3.8, 4) is 5.75 Å². The highest BCUT2D eigenvalue weighted by atomic mass is 35.5. The molecule has 0 aliphatic carbocycles. The summed E-state index contributed by atoms with van der Waals surface area (Å²) < 4.78 is 43.9. The van der Waals surface area contributed by atoms with Crippen molar-refractivity contribution in [2.45, 2.75) is 26.9 Å². The van der Waals surface area contributed by atoms with Gasteiger partial charge in [0.25, 0.3) is 0 Å². The maximum absolute atomic E-state index is 12.7. The van der Waals surface area contributed by atoms with Crippen LogP contribution in [0.1, 0.15) is 30.5 Å². The quantitative estimate of drug-likeness (QED) is 0.470. The van der Waals surface area contributed by atoms with Crippen molar-refractivity contribution in [2.75, 3.05) is 31.6 Å². The first-order valence-electron chi connectivity index (χ1n) is 9.95. The molecule has 168 valence electrons. The molecule has 0 aliphatic rings. The van der Waals surface area contributed by atoms with Crippen molar-refractivity contribution >= 4 is 29.3 Å². The fourth-order valence-electron chi connectivity index (χ4n) is 2.90. The van der Waals surface area contributed by atoms with Gasteiger partial charge < -0.3 is 15.0 Å². The van der Waals surface area contributed by atoms with E-state index in [4.69, 9.17) is 16.3 Å². The molecule has 8 heteroatoms. The molecule has 0 unspecified atom stereocenters. The van der Waals surface area contributed by atoms with Crippen LogP contribution >= 0.6 is 11.6 Å². The molecule has 31 heavy (non-hydrogen) atoms. The summed E-state index contributed by atoms with van der Waals surface area (Å²) in [4.78, 5) is 14.4. The molecule has 0 fully saturated rings. The topological polar surface area (TPSA) is 41.6 Å². The van der Waals surface area contributed by atoms with E-state index < -0.39 is 17.6 Å². The molecule has 2 aromatic rings. The van der Waals surface area contributed by atoms with Gasteiger partial charge in [0.05, 0.1) is 5.56 Å². The summed E-state index contributed by atoms with van der Waals surface area (Å²) in [5.41, 5.74) is 0.945. The average Bonchev–Trinajstić information content (AvgIpc) is 2.71. The second kappa shape index (κ2) is 11.2. The minimum atomic E-state index is -4.47. The second-order valence-electron chi connectivity index (χ2n) is 6.91. The zero-order valence-electron chi connectivity index (χ0n) is 17.7. The van der Waals surface area contributed by atoms with Crippen LogP contribution in [-0.4, -0.2) is 37.0 Å². The molecular weight excluding hydrogens is 429 g/mol. The molecular formula is C23H26ClF3N2O2. The monoisotopic (exact) mass is 454 g/mol. The zero-order valence-corrected chi connectivity index (χ0v) is 18.5. The van der Waals surface area contributed by atoms with E-state index >= 15 is 0 Å². The SMILES string of the molecule is CCN(CC)CCOc1ccc(NC(=O)/C=C/c2ccc(C(F)(F)F)cc2Cl)cc1C. The Morgan fingerprint density at radius 2 is 1.87 bits per heavy atom. The van der Waals surface area contributed by atoms with Crippen LogP contribution in [0.4, 0.5) is 18.9 Å². The number of amides is 1. The lowest BCUT2D eigenvalue weighted by molar-refractivity contribution is -0.137. The number of hydrogen-bond acceptors (Lipinski definition) is 3. The van der Waals surface area contributed by atoms with Crippen LogP contribution in [0, 0.1) is 6.92 Å². The summed E-state index contributed by atoms with van der Waals surface area (Å²) in [6.45, 7) is 9.44. The summed E-state index contributed by atoms with van der Waals surface area (Å²) >= 11 is 5.90. The number of alkyl halides is 3. The molecule has 4 nitrogen and oxygen atoms in total. The van der Waals surface area contributed by atoms with Crippen molar-refractivity contribution < 1.29 is 22.7 Å². The summed E-state index contributed by atoms with van der Waals surface area (Å²) in [6.07, 6.45) is -1.88. The number of aryl methyl sites for hydroxylation is 1. The Labute approximate surface area is 185 Å². The first-order chi connectivity index (χ1) is 14.6. The van der Waals surface area contributed by atoms with Gasteiger partial charge in [0.1, 0.15) is 12.4 Å². The maximum Gasteiger partial charge on any atom is 0.416 e. The van der Waals surface area contributed by atoms with Gasteiger partial charge in [0, 0.05) is 23.3 Å². The van der Waals surface area contributed by atoms with Crippen LogP contribution in [0.15, 0.2) is 42.5 Å². The Balaban J connectivity index is 1.96. The molecule has 0 atom stereocenters. The molecule has 0 aliphatic heterocycles. The van der Waals surface area contributed by atoms with Crippen LogP contribution in [0.2, 0.25) is 5.02 Å². The molecule has 1 amide bonds. The number of nitrogens with one attached hydrogen (secondary N) is 1. The van der Waals surface area contributed by atoms with Crippen molar-refractivity contribution in [3.63, 3.8) is 0 Å². The van der Waals surface area contributed by atoms with Gasteiger partial charge in [0.15, 0.2) is 0 Å². The molecule has 0 bridgehead atoms. The predicted octanol–water partition coefficient (Wildman–Crippen LogP) is 6.04. The number of carbonyl (C=O) groups is 1. The van der Waals surface area contributed by atoms with E-state index in [-0.39, 0.29) is 5.02 Å². The van der Waals surface area contributed by atoms with Gasteiger partial charge in [-0.3, -0.25) is 4.79 Å². The van der Waals surface area contributed by atoms with Crippen LogP contribution in [0.3, 0.4) is 0 Å². The Morgan fingerprint density at radius 3 is 2.45 bits per heavy atom. The van der Waals surface area contributed by atoms with Crippen molar-refractivity contribution in [1.82, 2.24) is 4.90 Å². The number of hydrogen-bond donors (Lipinski definition) is 1. The third-order valence-corrected chi connectivity index (χ3v) is 5.07. The normalized spacial score (nSPS) is 11.9. The van der Waals surface area contributed by atoms with E-state index in [9.17, 15) is 18.0 Å². The third kappa shape index (κ3) is 7.60. The predicted molar refractivity (Wildman–Crippen MR) is 119 cm³/mol. The van der Waals surface area contributed by atoms with Gasteiger partial charge in [-0.15, -0.1) is 0 Å². The number of nitrogens with zero attached hydrogens (tertiary/aromatic N) is 1. The maximum atomic E-state index is 12.7. The molecule has 2 aromatic carbocycles. The van der Waals surface area contributed by atoms with E-state index in [1.54, 1.807) is 18.2 Å². The lowest BCUT2D eigenvalue weighted by Crippen LogP contribution is -2.28.